The third kappa shape index (κ3) is 3.41. The van der Waals surface area contributed by atoms with Gasteiger partial charge in [0.2, 0.25) is 0 Å². The molecule has 0 unspecified atom stereocenters. The normalized spacial score (nSPS) is 12.0. The number of hydrogen-bond acceptors (Lipinski definition) is 2. The van der Waals surface area contributed by atoms with E-state index in [1.54, 1.807) is 0 Å². The summed E-state index contributed by atoms with van der Waals surface area (Å²) >= 11 is 0. The van der Waals surface area contributed by atoms with E-state index >= 15 is 0 Å². The van der Waals surface area contributed by atoms with Gasteiger partial charge in [0.15, 0.2) is 5.82 Å². The number of fused-ring (bicyclic) bond motifs is 7. The minimum absolute atomic E-state index is 0.757. The van der Waals surface area contributed by atoms with E-state index in [9.17, 15) is 0 Å². The van der Waals surface area contributed by atoms with Crippen molar-refractivity contribution in [2.75, 3.05) is 0 Å². The molecular formula is C42H25N3. The molecule has 0 saturated carbocycles. The van der Waals surface area contributed by atoms with E-state index in [1.165, 1.54) is 55.0 Å². The zero-order chi connectivity index (χ0) is 29.5. The van der Waals surface area contributed by atoms with Crippen LogP contribution in [0.15, 0.2) is 152 Å². The van der Waals surface area contributed by atoms with Crippen molar-refractivity contribution in [3.8, 4) is 50.6 Å². The number of nitrogens with zero attached hydrogens (tertiary/aromatic N) is 3. The maximum Gasteiger partial charge on any atom is 0.161 e. The van der Waals surface area contributed by atoms with Gasteiger partial charge in [0, 0.05) is 33.0 Å². The summed E-state index contributed by atoms with van der Waals surface area (Å²) < 4.78 is 2.38. The second kappa shape index (κ2) is 9.22. The van der Waals surface area contributed by atoms with Crippen LogP contribution in [0.25, 0.3) is 94.1 Å². The molecule has 3 nitrogen and oxygen atoms in total. The molecular weight excluding hydrogens is 546 g/mol. The Labute approximate surface area is 259 Å². The largest absolute Gasteiger partial charge is 0.309 e. The summed E-state index contributed by atoms with van der Waals surface area (Å²) in [5.74, 6) is 0.757. The zero-order valence-electron chi connectivity index (χ0n) is 24.3. The molecule has 1 aliphatic carbocycles. The summed E-state index contributed by atoms with van der Waals surface area (Å²) in [7, 11) is 0. The Morgan fingerprint density at radius 2 is 0.956 bits per heavy atom. The molecule has 7 aromatic carbocycles. The second-order valence-electron chi connectivity index (χ2n) is 11.7. The summed E-state index contributed by atoms with van der Waals surface area (Å²) in [5, 5.41) is 5.98. The van der Waals surface area contributed by atoms with Gasteiger partial charge >= 0.3 is 0 Å². The fourth-order valence-corrected chi connectivity index (χ4v) is 7.48. The Balaban J connectivity index is 1.23. The van der Waals surface area contributed by atoms with Gasteiger partial charge in [0.05, 0.1) is 22.2 Å². The Kier molecular flexibility index (Phi) is 5.00. The summed E-state index contributed by atoms with van der Waals surface area (Å²) in [4.78, 5) is 10.4. The predicted octanol–water partition coefficient (Wildman–Crippen LogP) is 10.9. The maximum atomic E-state index is 5.25. The Morgan fingerprint density at radius 1 is 0.356 bits per heavy atom. The predicted molar refractivity (Wildman–Crippen MR) is 187 cm³/mol. The highest BCUT2D eigenvalue weighted by Gasteiger charge is 2.25. The maximum absolute atomic E-state index is 5.25. The van der Waals surface area contributed by atoms with Gasteiger partial charge in [0.25, 0.3) is 0 Å². The first kappa shape index (κ1) is 24.4. The lowest BCUT2D eigenvalue weighted by atomic mass is 9.92. The average molecular weight is 572 g/mol. The molecule has 208 valence electrons. The van der Waals surface area contributed by atoms with Crippen molar-refractivity contribution < 1.29 is 0 Å². The van der Waals surface area contributed by atoms with Crippen molar-refractivity contribution in [1.29, 1.82) is 0 Å². The van der Waals surface area contributed by atoms with E-state index in [1.807, 2.05) is 0 Å². The number of hydrogen-bond donors (Lipinski definition) is 0. The summed E-state index contributed by atoms with van der Waals surface area (Å²) in [6.07, 6.45) is 0. The van der Waals surface area contributed by atoms with E-state index in [0.717, 1.165) is 39.1 Å². The standard InChI is InChI=1S/C42H25N3/c1-2-12-26(13-3-1)45-37-22-9-8-18-35(37)39-31(20-11-23-38(39)45)30-24-25-34(28-15-5-4-14-27(28)30)42-43-36-21-10-19-32-29-16-6-7-17-33(29)41(44-42)40(32)36/h1-25H. The van der Waals surface area contributed by atoms with Crippen LogP contribution in [0.2, 0.25) is 0 Å². The molecule has 0 amide bonds. The highest BCUT2D eigenvalue weighted by atomic mass is 15.0. The van der Waals surface area contributed by atoms with Gasteiger partial charge < -0.3 is 4.57 Å². The van der Waals surface area contributed by atoms with E-state index in [2.05, 4.69) is 156 Å². The van der Waals surface area contributed by atoms with Crippen LogP contribution < -0.4 is 0 Å². The molecule has 0 fully saturated rings. The van der Waals surface area contributed by atoms with Crippen molar-refractivity contribution in [3.05, 3.63) is 152 Å². The molecule has 0 atom stereocenters. The Bertz CT molecular complexity index is 2650. The fourth-order valence-electron chi connectivity index (χ4n) is 7.48. The third-order valence-electron chi connectivity index (χ3n) is 9.36. The van der Waals surface area contributed by atoms with Crippen LogP contribution in [-0.4, -0.2) is 14.5 Å². The quantitative estimate of drug-likeness (QED) is 0.211. The van der Waals surface area contributed by atoms with Crippen LogP contribution in [0.4, 0.5) is 0 Å². The average Bonchev–Trinajstić information content (AvgIpc) is 3.62. The Morgan fingerprint density at radius 3 is 1.80 bits per heavy atom. The lowest BCUT2D eigenvalue weighted by Crippen LogP contribution is -1.95. The number of rotatable bonds is 3. The van der Waals surface area contributed by atoms with E-state index in [0.29, 0.717) is 0 Å². The fraction of sp³-hybridized carbons (Fsp3) is 0. The topological polar surface area (TPSA) is 30.7 Å². The first-order valence-corrected chi connectivity index (χ1v) is 15.4. The summed E-state index contributed by atoms with van der Waals surface area (Å²) in [5.41, 5.74) is 12.6. The number of aromatic nitrogens is 3. The van der Waals surface area contributed by atoms with Gasteiger partial charge in [-0.05, 0) is 69.4 Å². The van der Waals surface area contributed by atoms with Crippen molar-refractivity contribution in [2.24, 2.45) is 0 Å². The molecule has 45 heavy (non-hydrogen) atoms. The molecule has 0 aliphatic heterocycles. The molecule has 0 radical (unpaired) electrons. The van der Waals surface area contributed by atoms with Crippen molar-refractivity contribution in [1.82, 2.24) is 14.5 Å². The van der Waals surface area contributed by atoms with Crippen LogP contribution in [-0.2, 0) is 0 Å². The highest BCUT2D eigenvalue weighted by Crippen LogP contribution is 2.47. The SMILES string of the molecule is c1ccc(-n2c3ccccc3c3c(-c4ccc(-c5nc6c7c(cccc7n5)-c5ccccc5-6)c5ccccc45)cccc32)cc1. The lowest BCUT2D eigenvalue weighted by Gasteiger charge is -2.14. The van der Waals surface area contributed by atoms with Crippen molar-refractivity contribution >= 4 is 43.5 Å². The first-order valence-electron chi connectivity index (χ1n) is 15.4. The van der Waals surface area contributed by atoms with E-state index in [4.69, 9.17) is 9.97 Å². The van der Waals surface area contributed by atoms with Crippen LogP contribution >= 0.6 is 0 Å². The summed E-state index contributed by atoms with van der Waals surface area (Å²) in [6, 6.07) is 54.2. The van der Waals surface area contributed by atoms with Crippen molar-refractivity contribution in [2.45, 2.75) is 0 Å². The molecule has 0 spiro atoms. The first-order chi connectivity index (χ1) is 22.3. The van der Waals surface area contributed by atoms with Gasteiger partial charge in [-0.3, -0.25) is 0 Å². The highest BCUT2D eigenvalue weighted by molar-refractivity contribution is 6.19. The molecule has 1 aliphatic rings. The van der Waals surface area contributed by atoms with Crippen molar-refractivity contribution in [3.63, 3.8) is 0 Å². The second-order valence-corrected chi connectivity index (χ2v) is 11.7. The molecule has 9 aromatic rings. The molecule has 10 rings (SSSR count). The van der Waals surface area contributed by atoms with E-state index in [-0.39, 0.29) is 0 Å². The van der Waals surface area contributed by atoms with Crippen LogP contribution in [0.3, 0.4) is 0 Å². The molecule has 0 bridgehead atoms. The zero-order valence-corrected chi connectivity index (χ0v) is 24.3. The lowest BCUT2D eigenvalue weighted by molar-refractivity contribution is 1.18. The Hall–Kier alpha value is -6.06. The van der Waals surface area contributed by atoms with Gasteiger partial charge in [-0.1, -0.05) is 115 Å². The molecule has 2 heterocycles. The number of para-hydroxylation sites is 2. The summed E-state index contributed by atoms with van der Waals surface area (Å²) in [6.45, 7) is 0. The minimum Gasteiger partial charge on any atom is -0.309 e. The van der Waals surface area contributed by atoms with E-state index < -0.39 is 0 Å². The molecule has 2 aromatic heterocycles. The molecule has 3 heteroatoms. The molecule has 0 N–H and O–H groups in total. The molecule has 0 saturated heterocycles. The monoisotopic (exact) mass is 571 g/mol. The van der Waals surface area contributed by atoms with Crippen LogP contribution in [0, 0.1) is 0 Å². The van der Waals surface area contributed by atoms with Gasteiger partial charge in [-0.25, -0.2) is 9.97 Å². The van der Waals surface area contributed by atoms with Gasteiger partial charge in [-0.2, -0.15) is 0 Å². The van der Waals surface area contributed by atoms with Gasteiger partial charge in [-0.15, -0.1) is 0 Å². The third-order valence-corrected chi connectivity index (χ3v) is 9.36. The van der Waals surface area contributed by atoms with Crippen LogP contribution in [0.1, 0.15) is 0 Å². The smallest absolute Gasteiger partial charge is 0.161 e. The van der Waals surface area contributed by atoms with Crippen LogP contribution in [0.5, 0.6) is 0 Å². The van der Waals surface area contributed by atoms with Gasteiger partial charge in [0.1, 0.15) is 0 Å². The number of benzene rings is 7. The minimum atomic E-state index is 0.757.